The molecule has 3 nitrogen and oxygen atoms in total. The summed E-state index contributed by atoms with van der Waals surface area (Å²) in [5.41, 5.74) is 1.75. The van der Waals surface area contributed by atoms with Crippen molar-refractivity contribution in [2.24, 2.45) is 56.7 Å². The van der Waals surface area contributed by atoms with Crippen molar-refractivity contribution < 1.29 is 15.3 Å². The lowest BCUT2D eigenvalue weighted by Gasteiger charge is -2.72. The molecule has 188 valence electrons. The normalized spacial score (nSPS) is 60.0. The highest BCUT2D eigenvalue weighted by Crippen LogP contribution is 2.75. The molecule has 0 radical (unpaired) electrons. The van der Waals surface area contributed by atoms with Gasteiger partial charge in [-0.15, -0.1) is 0 Å². The summed E-state index contributed by atoms with van der Waals surface area (Å²) in [6, 6.07) is 0. The van der Waals surface area contributed by atoms with Crippen molar-refractivity contribution in [1.82, 2.24) is 0 Å². The second kappa shape index (κ2) is 7.10. The Bertz CT molecular complexity index is 847. The fourth-order valence-electron chi connectivity index (χ4n) is 11.0. The smallest absolute Gasteiger partial charge is 0.0852 e. The van der Waals surface area contributed by atoms with Crippen LogP contribution in [-0.4, -0.2) is 33.6 Å². The maximum atomic E-state index is 11.3. The highest BCUT2D eigenvalue weighted by molar-refractivity contribution is 5.34. The van der Waals surface area contributed by atoms with Crippen LogP contribution < -0.4 is 0 Å². The Hall–Kier alpha value is -0.380. The van der Waals surface area contributed by atoms with Gasteiger partial charge in [-0.3, -0.25) is 0 Å². The van der Waals surface area contributed by atoms with Gasteiger partial charge in [0.05, 0.1) is 18.3 Å². The maximum absolute atomic E-state index is 11.3. The van der Waals surface area contributed by atoms with Crippen molar-refractivity contribution in [3.05, 3.63) is 11.6 Å². The molecule has 33 heavy (non-hydrogen) atoms. The first kappa shape index (κ1) is 24.3. The lowest BCUT2D eigenvalue weighted by molar-refractivity contribution is -0.233. The third-order valence-electron chi connectivity index (χ3n) is 13.4. The Kier molecular flexibility index (Phi) is 5.23. The zero-order valence-corrected chi connectivity index (χ0v) is 22.5. The average molecular weight is 459 g/mol. The Morgan fingerprint density at radius 1 is 0.848 bits per heavy atom. The van der Waals surface area contributed by atoms with E-state index in [2.05, 4.69) is 61.5 Å². The molecule has 5 rings (SSSR count). The molecule has 12 unspecified atom stereocenters. The lowest BCUT2D eigenvalue weighted by Crippen LogP contribution is -2.67. The molecule has 0 bridgehead atoms. The average Bonchev–Trinajstić information content (AvgIpc) is 2.72. The molecule has 0 aliphatic heterocycles. The Morgan fingerprint density at radius 2 is 1.52 bits per heavy atom. The summed E-state index contributed by atoms with van der Waals surface area (Å²) < 4.78 is 0. The summed E-state index contributed by atoms with van der Waals surface area (Å²) in [5, 5.41) is 33.1. The first-order valence-corrected chi connectivity index (χ1v) is 13.9. The number of rotatable bonds is 0. The zero-order chi connectivity index (χ0) is 24.4. The van der Waals surface area contributed by atoms with Gasteiger partial charge in [-0.1, -0.05) is 67.0 Å². The molecular weight excluding hydrogens is 408 g/mol. The van der Waals surface area contributed by atoms with E-state index in [1.54, 1.807) is 5.57 Å². The van der Waals surface area contributed by atoms with Crippen LogP contribution in [-0.2, 0) is 0 Å². The molecular formula is C30H50O3. The van der Waals surface area contributed by atoms with Crippen LogP contribution in [0, 0.1) is 56.7 Å². The van der Waals surface area contributed by atoms with Gasteiger partial charge in [0.25, 0.3) is 0 Å². The molecule has 0 spiro atoms. The Morgan fingerprint density at radius 3 is 2.18 bits per heavy atom. The first-order valence-electron chi connectivity index (χ1n) is 13.9. The van der Waals surface area contributed by atoms with Gasteiger partial charge in [0.15, 0.2) is 0 Å². The van der Waals surface area contributed by atoms with Crippen LogP contribution in [0.5, 0.6) is 0 Å². The van der Waals surface area contributed by atoms with Gasteiger partial charge >= 0.3 is 0 Å². The van der Waals surface area contributed by atoms with Crippen LogP contribution in [0.4, 0.5) is 0 Å². The van der Waals surface area contributed by atoms with E-state index in [0.717, 1.165) is 38.5 Å². The largest absolute Gasteiger partial charge is 0.393 e. The van der Waals surface area contributed by atoms with Crippen LogP contribution in [0.3, 0.4) is 0 Å². The van der Waals surface area contributed by atoms with Gasteiger partial charge in [0.1, 0.15) is 0 Å². The SMILES string of the molecule is CC1CC(O)C2(C)CCC3(C)C(=CCC4C5(C)CC(O)C(O)C(C)(C)C5CCC43C)C2C1C. The summed E-state index contributed by atoms with van der Waals surface area (Å²) >= 11 is 0. The van der Waals surface area contributed by atoms with E-state index in [1.807, 2.05) is 0 Å². The lowest BCUT2D eigenvalue weighted by atomic mass is 9.33. The highest BCUT2D eigenvalue weighted by Gasteiger charge is 2.69. The fraction of sp³-hybridized carbons (Fsp3) is 0.933. The first-order chi connectivity index (χ1) is 15.1. The van der Waals surface area contributed by atoms with E-state index >= 15 is 0 Å². The molecule has 5 aliphatic carbocycles. The van der Waals surface area contributed by atoms with Crippen LogP contribution >= 0.6 is 0 Å². The van der Waals surface area contributed by atoms with Crippen LogP contribution in [0.25, 0.3) is 0 Å². The number of allylic oxidation sites excluding steroid dienone is 2. The van der Waals surface area contributed by atoms with Crippen LogP contribution in [0.2, 0.25) is 0 Å². The third kappa shape index (κ3) is 2.80. The highest BCUT2D eigenvalue weighted by atomic mass is 16.3. The molecule has 3 heteroatoms. The number of aliphatic hydroxyl groups excluding tert-OH is 3. The summed E-state index contributed by atoms with van der Waals surface area (Å²) in [6.45, 7) is 19.1. The van der Waals surface area contributed by atoms with Gasteiger partial charge in [-0.05, 0) is 96.2 Å². The number of fused-ring (bicyclic) bond motifs is 7. The zero-order valence-electron chi connectivity index (χ0n) is 22.5. The quantitative estimate of drug-likeness (QED) is 0.392. The summed E-state index contributed by atoms with van der Waals surface area (Å²) in [5.74, 6) is 2.57. The molecule has 0 aromatic heterocycles. The molecule has 0 heterocycles. The monoisotopic (exact) mass is 458 g/mol. The van der Waals surface area contributed by atoms with Gasteiger partial charge in [0.2, 0.25) is 0 Å². The number of hydrogen-bond donors (Lipinski definition) is 3. The molecule has 0 aromatic carbocycles. The van der Waals surface area contributed by atoms with E-state index in [-0.39, 0.29) is 33.2 Å². The summed E-state index contributed by atoms with van der Waals surface area (Å²) in [7, 11) is 0. The fourth-order valence-corrected chi connectivity index (χ4v) is 11.0. The molecule has 4 fully saturated rings. The molecule has 3 N–H and O–H groups in total. The second-order valence-corrected chi connectivity index (χ2v) is 14.9. The van der Waals surface area contributed by atoms with Crippen molar-refractivity contribution in [1.29, 1.82) is 0 Å². The Balaban J connectivity index is 1.61. The summed E-state index contributed by atoms with van der Waals surface area (Å²) in [4.78, 5) is 0. The number of aliphatic hydroxyl groups is 3. The van der Waals surface area contributed by atoms with Gasteiger partial charge in [0, 0.05) is 5.41 Å². The minimum Gasteiger partial charge on any atom is -0.393 e. The van der Waals surface area contributed by atoms with Crippen molar-refractivity contribution in [2.75, 3.05) is 0 Å². The van der Waals surface area contributed by atoms with E-state index < -0.39 is 12.2 Å². The van der Waals surface area contributed by atoms with Crippen LogP contribution in [0.15, 0.2) is 11.6 Å². The predicted molar refractivity (Wildman–Crippen MR) is 133 cm³/mol. The van der Waals surface area contributed by atoms with Crippen molar-refractivity contribution >= 4 is 0 Å². The van der Waals surface area contributed by atoms with Crippen LogP contribution in [0.1, 0.15) is 100 Å². The summed E-state index contributed by atoms with van der Waals surface area (Å²) in [6.07, 6.45) is 8.50. The van der Waals surface area contributed by atoms with E-state index in [1.165, 1.54) is 6.42 Å². The second-order valence-electron chi connectivity index (χ2n) is 14.9. The maximum Gasteiger partial charge on any atom is 0.0852 e. The molecule has 0 aromatic rings. The minimum atomic E-state index is -0.634. The van der Waals surface area contributed by atoms with Crippen molar-refractivity contribution in [3.63, 3.8) is 0 Å². The van der Waals surface area contributed by atoms with E-state index in [0.29, 0.717) is 29.6 Å². The topological polar surface area (TPSA) is 60.7 Å². The molecule has 5 aliphatic rings. The van der Waals surface area contributed by atoms with Gasteiger partial charge in [-0.2, -0.15) is 0 Å². The van der Waals surface area contributed by atoms with Gasteiger partial charge < -0.3 is 15.3 Å². The molecule has 0 amide bonds. The Labute approximate surface area is 202 Å². The third-order valence-corrected chi connectivity index (χ3v) is 13.4. The molecule has 12 atom stereocenters. The van der Waals surface area contributed by atoms with Crippen molar-refractivity contribution in [3.8, 4) is 0 Å². The molecule has 4 saturated carbocycles. The van der Waals surface area contributed by atoms with E-state index in [4.69, 9.17) is 0 Å². The van der Waals surface area contributed by atoms with Gasteiger partial charge in [-0.25, -0.2) is 0 Å². The minimum absolute atomic E-state index is 0.00525. The molecule has 0 saturated heterocycles. The van der Waals surface area contributed by atoms with E-state index in [9.17, 15) is 15.3 Å². The number of hydrogen-bond acceptors (Lipinski definition) is 3. The standard InChI is InChI=1S/C30H50O3/c1-17-15-23(32)27(5)13-14-29(7)19(24(27)18(17)2)9-10-22-28(6)16-20(31)25(33)26(3,4)21(28)11-12-30(22,29)8/h9,17-18,20-25,31-33H,10-16H2,1-8H3. The van der Waals surface area contributed by atoms with Crippen molar-refractivity contribution in [2.45, 2.75) is 119 Å². The predicted octanol–water partition coefficient (Wildman–Crippen LogP) is 5.97.